The topological polar surface area (TPSA) is 8.17 Å². The van der Waals surface area contributed by atoms with Crippen LogP contribution in [-0.2, 0) is 0 Å². The number of rotatable bonds is 6. The Kier molecular flexibility index (Phi) is 7.89. The first-order valence-corrected chi connectivity index (χ1v) is 20.7. The number of benzene rings is 11. The lowest BCUT2D eigenvalue weighted by atomic mass is 9.94. The lowest BCUT2D eigenvalue weighted by Crippen LogP contribution is -2.09. The predicted molar refractivity (Wildman–Crippen MR) is 256 cm³/mol. The zero-order valence-electron chi connectivity index (χ0n) is 32.8. The van der Waals surface area contributed by atoms with Gasteiger partial charge in [-0.05, 0) is 138 Å². The van der Waals surface area contributed by atoms with Gasteiger partial charge < -0.3 is 9.47 Å². The van der Waals surface area contributed by atoms with E-state index in [1.54, 1.807) is 0 Å². The molecule has 0 saturated heterocycles. The molecule has 60 heavy (non-hydrogen) atoms. The molecule has 280 valence electrons. The fourth-order valence-corrected chi connectivity index (χ4v) is 9.56. The normalized spacial score (nSPS) is 11.7. The summed E-state index contributed by atoms with van der Waals surface area (Å²) in [6.07, 6.45) is 0. The summed E-state index contributed by atoms with van der Waals surface area (Å²) in [5, 5.41) is 12.6. The molecule has 0 aliphatic carbocycles. The van der Waals surface area contributed by atoms with Crippen molar-refractivity contribution in [2.75, 3.05) is 4.90 Å². The van der Waals surface area contributed by atoms with Crippen LogP contribution in [0.2, 0.25) is 0 Å². The highest BCUT2D eigenvalue weighted by molar-refractivity contribution is 6.25. The molecule has 0 saturated carbocycles. The number of fused-ring (bicyclic) bond motifs is 10. The third kappa shape index (κ3) is 5.50. The Labute approximate surface area is 348 Å². The molecular weight excluding hydrogens is 725 g/mol. The maximum Gasteiger partial charge on any atom is 0.0541 e. The van der Waals surface area contributed by atoms with Crippen LogP contribution < -0.4 is 4.90 Å². The van der Waals surface area contributed by atoms with Crippen LogP contribution in [0.1, 0.15) is 0 Å². The molecule has 0 unspecified atom stereocenters. The molecule has 0 aliphatic rings. The summed E-state index contributed by atoms with van der Waals surface area (Å²) < 4.78 is 2.46. The molecule has 0 atom stereocenters. The van der Waals surface area contributed by atoms with Crippen molar-refractivity contribution < 1.29 is 0 Å². The minimum atomic E-state index is 1.12. The molecule has 0 radical (unpaired) electrons. The van der Waals surface area contributed by atoms with E-state index in [4.69, 9.17) is 0 Å². The SMILES string of the molecule is c1ccc(N(c2ccccc2)c2ccc(-c3ccc4c(c3)c3cc(-c5cccc6ccccc56)ccc3n4-c3ccc4c5ccccc5c5ccccc5c4c3)cc2)cc1. The van der Waals surface area contributed by atoms with E-state index in [1.165, 1.54) is 87.1 Å². The highest BCUT2D eigenvalue weighted by Crippen LogP contribution is 2.42. The first-order chi connectivity index (χ1) is 29.8. The summed E-state index contributed by atoms with van der Waals surface area (Å²) in [7, 11) is 0. The molecule has 2 heteroatoms. The zero-order valence-corrected chi connectivity index (χ0v) is 32.8. The Morgan fingerprint density at radius 2 is 0.733 bits per heavy atom. The Morgan fingerprint density at radius 1 is 0.267 bits per heavy atom. The molecular formula is C58H38N2. The second-order valence-corrected chi connectivity index (χ2v) is 15.7. The highest BCUT2D eigenvalue weighted by Gasteiger charge is 2.18. The summed E-state index contributed by atoms with van der Waals surface area (Å²) in [5.74, 6) is 0. The van der Waals surface area contributed by atoms with Crippen molar-refractivity contribution >= 4 is 82.0 Å². The van der Waals surface area contributed by atoms with E-state index in [-0.39, 0.29) is 0 Å². The third-order valence-corrected chi connectivity index (χ3v) is 12.3. The Bertz CT molecular complexity index is 3500. The molecule has 0 bridgehead atoms. The third-order valence-electron chi connectivity index (χ3n) is 12.3. The van der Waals surface area contributed by atoms with Gasteiger partial charge in [0, 0.05) is 33.5 Å². The number of anilines is 3. The van der Waals surface area contributed by atoms with Gasteiger partial charge >= 0.3 is 0 Å². The van der Waals surface area contributed by atoms with Gasteiger partial charge in [-0.15, -0.1) is 0 Å². The van der Waals surface area contributed by atoms with E-state index in [0.29, 0.717) is 0 Å². The summed E-state index contributed by atoms with van der Waals surface area (Å²) in [4.78, 5) is 2.31. The molecule has 11 aromatic carbocycles. The van der Waals surface area contributed by atoms with E-state index >= 15 is 0 Å². The van der Waals surface area contributed by atoms with Crippen molar-refractivity contribution in [2.24, 2.45) is 0 Å². The zero-order chi connectivity index (χ0) is 39.6. The lowest BCUT2D eigenvalue weighted by Gasteiger charge is -2.25. The smallest absolute Gasteiger partial charge is 0.0541 e. The van der Waals surface area contributed by atoms with Crippen LogP contribution in [0.3, 0.4) is 0 Å². The summed E-state index contributed by atoms with van der Waals surface area (Å²) in [6, 6.07) is 84.2. The minimum absolute atomic E-state index is 1.12. The van der Waals surface area contributed by atoms with Crippen LogP contribution in [0.25, 0.3) is 92.8 Å². The highest BCUT2D eigenvalue weighted by atomic mass is 15.1. The standard InChI is InChI=1S/C58H38N2/c1-3-16-43(17-4-1)59(44-18-5-2-6-19-44)45-30-26-39(27-31-45)41-28-34-57-55(36-41)56-37-42(48-25-13-15-40-14-7-8-20-47(40)48)29-35-58(56)60(57)46-32-33-53-51-23-10-9-21-49(51)50-22-11-12-24-52(50)54(53)38-46/h1-38H. The summed E-state index contributed by atoms with van der Waals surface area (Å²) >= 11 is 0. The average molecular weight is 763 g/mol. The summed E-state index contributed by atoms with van der Waals surface area (Å²) in [5.41, 5.74) is 11.7. The number of nitrogens with zero attached hydrogens (tertiary/aromatic N) is 2. The molecule has 1 aromatic heterocycles. The van der Waals surface area contributed by atoms with E-state index in [9.17, 15) is 0 Å². The van der Waals surface area contributed by atoms with Gasteiger partial charge in [-0.2, -0.15) is 0 Å². The van der Waals surface area contributed by atoms with Crippen molar-refractivity contribution in [1.29, 1.82) is 0 Å². The average Bonchev–Trinajstić information content (AvgIpc) is 3.65. The second-order valence-electron chi connectivity index (χ2n) is 15.7. The van der Waals surface area contributed by atoms with E-state index < -0.39 is 0 Å². The van der Waals surface area contributed by atoms with Crippen molar-refractivity contribution in [3.63, 3.8) is 0 Å². The molecule has 0 amide bonds. The molecule has 0 aliphatic heterocycles. The van der Waals surface area contributed by atoms with Crippen LogP contribution in [-0.4, -0.2) is 4.57 Å². The van der Waals surface area contributed by atoms with E-state index in [0.717, 1.165) is 22.7 Å². The van der Waals surface area contributed by atoms with Crippen molar-refractivity contribution in [3.8, 4) is 27.9 Å². The molecule has 0 fully saturated rings. The molecule has 0 N–H and O–H groups in total. The van der Waals surface area contributed by atoms with E-state index in [2.05, 4.69) is 240 Å². The van der Waals surface area contributed by atoms with Crippen LogP contribution in [0.5, 0.6) is 0 Å². The quantitative estimate of drug-likeness (QED) is 0.153. The van der Waals surface area contributed by atoms with Gasteiger partial charge in [-0.3, -0.25) is 0 Å². The number of hydrogen-bond acceptors (Lipinski definition) is 1. The molecule has 12 aromatic rings. The van der Waals surface area contributed by atoms with Gasteiger partial charge in [0.1, 0.15) is 0 Å². The maximum atomic E-state index is 2.46. The van der Waals surface area contributed by atoms with Gasteiger partial charge in [0.15, 0.2) is 0 Å². The fourth-order valence-electron chi connectivity index (χ4n) is 9.56. The largest absolute Gasteiger partial charge is 0.311 e. The monoisotopic (exact) mass is 762 g/mol. The van der Waals surface area contributed by atoms with Gasteiger partial charge in [0.05, 0.1) is 11.0 Å². The van der Waals surface area contributed by atoms with Crippen molar-refractivity contribution in [3.05, 3.63) is 231 Å². The number of para-hydroxylation sites is 2. The van der Waals surface area contributed by atoms with Crippen LogP contribution >= 0.6 is 0 Å². The van der Waals surface area contributed by atoms with Gasteiger partial charge in [-0.25, -0.2) is 0 Å². The number of hydrogen-bond donors (Lipinski definition) is 0. The predicted octanol–water partition coefficient (Wildman–Crippen LogP) is 16.2. The Hall–Kier alpha value is -7.94. The summed E-state index contributed by atoms with van der Waals surface area (Å²) in [6.45, 7) is 0. The van der Waals surface area contributed by atoms with Gasteiger partial charge in [-0.1, -0.05) is 158 Å². The van der Waals surface area contributed by atoms with Gasteiger partial charge in [0.25, 0.3) is 0 Å². The fraction of sp³-hybridized carbons (Fsp3) is 0. The molecule has 12 rings (SSSR count). The Morgan fingerprint density at radius 3 is 1.37 bits per heavy atom. The molecule has 1 heterocycles. The lowest BCUT2D eigenvalue weighted by molar-refractivity contribution is 1.19. The van der Waals surface area contributed by atoms with Gasteiger partial charge in [0.2, 0.25) is 0 Å². The first kappa shape index (κ1) is 34.1. The Balaban J connectivity index is 1.05. The van der Waals surface area contributed by atoms with Crippen LogP contribution in [0.4, 0.5) is 17.1 Å². The molecule has 0 spiro atoms. The minimum Gasteiger partial charge on any atom is -0.311 e. The van der Waals surface area contributed by atoms with E-state index in [1.807, 2.05) is 0 Å². The second kappa shape index (κ2) is 13.9. The van der Waals surface area contributed by atoms with Crippen LogP contribution in [0.15, 0.2) is 231 Å². The van der Waals surface area contributed by atoms with Crippen LogP contribution in [0, 0.1) is 0 Å². The molecule has 2 nitrogen and oxygen atoms in total. The van der Waals surface area contributed by atoms with Crippen molar-refractivity contribution in [2.45, 2.75) is 0 Å². The van der Waals surface area contributed by atoms with Crippen molar-refractivity contribution in [1.82, 2.24) is 4.57 Å². The first-order valence-electron chi connectivity index (χ1n) is 20.7. The number of aromatic nitrogens is 1. The maximum absolute atomic E-state index is 2.46.